The number of benzene rings is 2. The van der Waals surface area contributed by atoms with Gasteiger partial charge < -0.3 is 24.3 Å². The van der Waals surface area contributed by atoms with Crippen LogP contribution in [-0.2, 0) is 6.54 Å². The summed E-state index contributed by atoms with van der Waals surface area (Å²) in [4.78, 5) is 12.6. The highest BCUT2D eigenvalue weighted by atomic mass is 127. The Morgan fingerprint density at radius 1 is 0.920 bits per heavy atom. The first-order valence-electron chi connectivity index (χ1n) is 7.44. The molecule has 1 amide bonds. The quantitative estimate of drug-likeness (QED) is 0.647. The van der Waals surface area contributed by atoms with Gasteiger partial charge in [-0.25, -0.2) is 0 Å². The van der Waals surface area contributed by atoms with Crippen LogP contribution in [0.1, 0.15) is 15.9 Å². The average Bonchev–Trinajstić information content (AvgIpc) is 2.65. The van der Waals surface area contributed by atoms with Crippen LogP contribution in [0.5, 0.6) is 23.0 Å². The second-order valence-corrected chi connectivity index (χ2v) is 6.21. The molecule has 2 aromatic rings. The molecule has 0 saturated heterocycles. The average molecular weight is 457 g/mol. The van der Waals surface area contributed by atoms with Crippen molar-refractivity contribution in [2.24, 2.45) is 0 Å². The molecule has 1 N–H and O–H groups in total. The van der Waals surface area contributed by atoms with E-state index in [0.29, 0.717) is 35.1 Å². The molecule has 0 bridgehead atoms. The highest BCUT2D eigenvalue weighted by molar-refractivity contribution is 14.1. The van der Waals surface area contributed by atoms with Crippen molar-refractivity contribution >= 4 is 28.5 Å². The van der Waals surface area contributed by atoms with Gasteiger partial charge in [-0.1, -0.05) is 0 Å². The van der Waals surface area contributed by atoms with Crippen LogP contribution < -0.4 is 24.3 Å². The van der Waals surface area contributed by atoms with Crippen molar-refractivity contribution in [2.75, 3.05) is 28.4 Å². The molecule has 0 aliphatic rings. The minimum absolute atomic E-state index is 0.205. The molecule has 0 aromatic heterocycles. The molecule has 0 saturated carbocycles. The van der Waals surface area contributed by atoms with E-state index in [0.717, 1.165) is 9.13 Å². The Kier molecular flexibility index (Phi) is 6.74. The molecule has 0 fully saturated rings. The smallest absolute Gasteiger partial charge is 0.252 e. The Hall–Kier alpha value is -2.16. The molecule has 0 aliphatic heterocycles. The highest BCUT2D eigenvalue weighted by Gasteiger charge is 2.16. The van der Waals surface area contributed by atoms with E-state index in [1.165, 1.54) is 7.11 Å². The van der Waals surface area contributed by atoms with Crippen molar-refractivity contribution in [3.05, 3.63) is 45.0 Å². The van der Waals surface area contributed by atoms with Crippen molar-refractivity contribution in [3.8, 4) is 23.0 Å². The van der Waals surface area contributed by atoms with E-state index >= 15 is 0 Å². The van der Waals surface area contributed by atoms with Gasteiger partial charge in [0, 0.05) is 21.7 Å². The first-order valence-corrected chi connectivity index (χ1v) is 8.52. The monoisotopic (exact) mass is 457 g/mol. The van der Waals surface area contributed by atoms with Crippen LogP contribution in [0.25, 0.3) is 0 Å². The van der Waals surface area contributed by atoms with Gasteiger partial charge in [0.2, 0.25) is 0 Å². The maximum Gasteiger partial charge on any atom is 0.252 e. The van der Waals surface area contributed by atoms with Crippen LogP contribution in [0, 0.1) is 3.57 Å². The van der Waals surface area contributed by atoms with E-state index in [1.54, 1.807) is 39.5 Å². The molecular formula is C18H20INO5. The lowest BCUT2D eigenvalue weighted by atomic mass is 10.1. The summed E-state index contributed by atoms with van der Waals surface area (Å²) in [5, 5.41) is 2.90. The molecule has 25 heavy (non-hydrogen) atoms. The lowest BCUT2D eigenvalue weighted by Gasteiger charge is -2.13. The van der Waals surface area contributed by atoms with Gasteiger partial charge in [-0.2, -0.15) is 0 Å². The summed E-state index contributed by atoms with van der Waals surface area (Å²) >= 11 is 2.10. The number of carbonyl (C=O) groups excluding carboxylic acids is 1. The van der Waals surface area contributed by atoms with Crippen LogP contribution in [0.3, 0.4) is 0 Å². The zero-order valence-electron chi connectivity index (χ0n) is 14.5. The van der Waals surface area contributed by atoms with Crippen LogP contribution in [0.4, 0.5) is 0 Å². The molecule has 0 unspecified atom stereocenters. The molecule has 0 aliphatic carbocycles. The zero-order chi connectivity index (χ0) is 18.4. The fraction of sp³-hybridized carbons (Fsp3) is 0.278. The Morgan fingerprint density at radius 3 is 2.16 bits per heavy atom. The van der Waals surface area contributed by atoms with E-state index in [-0.39, 0.29) is 5.91 Å². The summed E-state index contributed by atoms with van der Waals surface area (Å²) < 4.78 is 21.8. The van der Waals surface area contributed by atoms with Gasteiger partial charge in [0.25, 0.3) is 5.91 Å². The van der Waals surface area contributed by atoms with Crippen molar-refractivity contribution < 1.29 is 23.7 Å². The fourth-order valence-electron chi connectivity index (χ4n) is 2.30. The molecule has 7 heteroatoms. The Labute approximate surface area is 160 Å². The number of halogens is 1. The summed E-state index contributed by atoms with van der Waals surface area (Å²) in [6.07, 6.45) is 0. The number of methoxy groups -OCH3 is 4. The topological polar surface area (TPSA) is 66.0 Å². The summed E-state index contributed by atoms with van der Waals surface area (Å²) in [6, 6.07) is 8.90. The van der Waals surface area contributed by atoms with Crippen LogP contribution in [0.2, 0.25) is 0 Å². The van der Waals surface area contributed by atoms with Gasteiger partial charge in [-0.05, 0) is 46.9 Å². The number of carbonyl (C=O) groups is 1. The lowest BCUT2D eigenvalue weighted by molar-refractivity contribution is 0.0949. The third kappa shape index (κ3) is 4.47. The normalized spacial score (nSPS) is 10.1. The number of amides is 1. The molecule has 0 radical (unpaired) electrons. The predicted octanol–water partition coefficient (Wildman–Crippen LogP) is 3.26. The summed E-state index contributed by atoms with van der Waals surface area (Å²) in [7, 11) is 6.27. The van der Waals surface area contributed by atoms with E-state index in [4.69, 9.17) is 18.9 Å². The largest absolute Gasteiger partial charge is 0.497 e. The maximum absolute atomic E-state index is 12.6. The van der Waals surface area contributed by atoms with Crippen molar-refractivity contribution in [1.82, 2.24) is 5.32 Å². The minimum Gasteiger partial charge on any atom is -0.497 e. The molecule has 0 atom stereocenters. The van der Waals surface area contributed by atoms with Crippen molar-refractivity contribution in [2.45, 2.75) is 6.54 Å². The number of nitrogens with one attached hydrogen (secondary N) is 1. The van der Waals surface area contributed by atoms with Crippen molar-refractivity contribution in [1.29, 1.82) is 0 Å². The van der Waals surface area contributed by atoms with E-state index in [9.17, 15) is 4.79 Å². The minimum atomic E-state index is -0.205. The van der Waals surface area contributed by atoms with Gasteiger partial charge in [0.05, 0.1) is 34.0 Å². The third-order valence-electron chi connectivity index (χ3n) is 3.65. The fourth-order valence-corrected chi connectivity index (χ4v) is 2.98. The molecule has 2 rings (SSSR count). The van der Waals surface area contributed by atoms with Crippen LogP contribution >= 0.6 is 22.6 Å². The summed E-state index contributed by atoms with van der Waals surface area (Å²) in [5.41, 5.74) is 1.37. The second kappa shape index (κ2) is 8.80. The molecule has 6 nitrogen and oxygen atoms in total. The zero-order valence-corrected chi connectivity index (χ0v) is 16.7. The summed E-state index contributed by atoms with van der Waals surface area (Å²) in [5.74, 6) is 2.24. The molecule has 0 heterocycles. The first-order chi connectivity index (χ1) is 12.0. The van der Waals surface area contributed by atoms with Gasteiger partial charge in [-0.3, -0.25) is 4.79 Å². The van der Waals surface area contributed by atoms with Gasteiger partial charge >= 0.3 is 0 Å². The molecule has 2 aromatic carbocycles. The maximum atomic E-state index is 12.6. The highest BCUT2D eigenvalue weighted by Crippen LogP contribution is 2.31. The van der Waals surface area contributed by atoms with Gasteiger partial charge in [-0.15, -0.1) is 0 Å². The van der Waals surface area contributed by atoms with E-state index < -0.39 is 0 Å². The van der Waals surface area contributed by atoms with E-state index in [2.05, 4.69) is 27.9 Å². The van der Waals surface area contributed by atoms with Crippen LogP contribution in [-0.4, -0.2) is 34.3 Å². The molecule has 134 valence electrons. The van der Waals surface area contributed by atoms with Gasteiger partial charge in [0.15, 0.2) is 11.5 Å². The Bertz CT molecular complexity index is 763. The predicted molar refractivity (Wildman–Crippen MR) is 103 cm³/mol. The first kappa shape index (κ1) is 19.2. The molecular weight excluding hydrogens is 437 g/mol. The third-order valence-corrected chi connectivity index (χ3v) is 4.54. The standard InChI is InChI=1S/C18H20INO5/c1-22-12-6-5-11(15(7-12)23-2)10-20-18(21)13-8-16(24-3)17(25-4)9-14(13)19/h5-9H,10H2,1-4H3,(H,20,21). The summed E-state index contributed by atoms with van der Waals surface area (Å²) in [6.45, 7) is 0.330. The number of hydrogen-bond donors (Lipinski definition) is 1. The Morgan fingerprint density at radius 2 is 1.56 bits per heavy atom. The van der Waals surface area contributed by atoms with E-state index in [1.807, 2.05) is 12.1 Å². The Balaban J connectivity index is 2.18. The SMILES string of the molecule is COc1ccc(CNC(=O)c2cc(OC)c(OC)cc2I)c(OC)c1. The number of rotatable bonds is 7. The molecule has 0 spiro atoms. The number of ether oxygens (including phenoxy) is 4. The number of hydrogen-bond acceptors (Lipinski definition) is 5. The second-order valence-electron chi connectivity index (χ2n) is 5.05. The van der Waals surface area contributed by atoms with Crippen LogP contribution in [0.15, 0.2) is 30.3 Å². The van der Waals surface area contributed by atoms with Gasteiger partial charge in [0.1, 0.15) is 11.5 Å². The van der Waals surface area contributed by atoms with Crippen molar-refractivity contribution in [3.63, 3.8) is 0 Å². The lowest BCUT2D eigenvalue weighted by Crippen LogP contribution is -2.24.